The minimum absolute atomic E-state index is 0.230. The van der Waals surface area contributed by atoms with Gasteiger partial charge in [-0.2, -0.15) is 0 Å². The third-order valence-corrected chi connectivity index (χ3v) is 6.87. The Morgan fingerprint density at radius 3 is 2.84 bits per heavy atom. The van der Waals surface area contributed by atoms with E-state index in [1.165, 1.54) is 11.3 Å². The Labute approximate surface area is 186 Å². The van der Waals surface area contributed by atoms with E-state index >= 15 is 0 Å². The Morgan fingerprint density at radius 1 is 1.23 bits per heavy atom. The molecular weight excluding hydrogens is 436 g/mol. The quantitative estimate of drug-likeness (QED) is 0.659. The molecule has 3 aromatic rings. The molecule has 158 valence electrons. The van der Waals surface area contributed by atoms with Crippen LogP contribution in [0.4, 0.5) is 11.4 Å². The lowest BCUT2D eigenvalue weighted by Crippen LogP contribution is -2.43. The zero-order valence-electron chi connectivity index (χ0n) is 16.9. The predicted octanol–water partition coefficient (Wildman–Crippen LogP) is 2.48. The second-order valence-electron chi connectivity index (χ2n) is 7.33. The number of halogens is 1. The molecule has 0 atom stereocenters. The van der Waals surface area contributed by atoms with Gasteiger partial charge in [0.05, 0.1) is 12.2 Å². The number of carbonyl (C=O) groups is 1. The molecule has 5 rings (SSSR count). The second kappa shape index (κ2) is 7.55. The van der Waals surface area contributed by atoms with Gasteiger partial charge in [0.2, 0.25) is 0 Å². The number of nitrogens with one attached hydrogen (secondary N) is 1. The first-order chi connectivity index (χ1) is 15.0. The molecule has 0 fully saturated rings. The lowest BCUT2D eigenvalue weighted by Gasteiger charge is -2.26. The molecule has 0 saturated carbocycles. The van der Waals surface area contributed by atoms with E-state index in [9.17, 15) is 9.59 Å². The van der Waals surface area contributed by atoms with Gasteiger partial charge in [0.1, 0.15) is 23.6 Å². The number of ether oxygens (including phenoxy) is 1. The van der Waals surface area contributed by atoms with Crippen LogP contribution in [0.5, 0.6) is 5.75 Å². The molecule has 3 heterocycles. The zero-order valence-corrected chi connectivity index (χ0v) is 18.5. The number of aromatic nitrogens is 1. The molecule has 1 aromatic heterocycles. The van der Waals surface area contributed by atoms with Gasteiger partial charge in [-0.3, -0.25) is 14.2 Å². The van der Waals surface area contributed by atoms with E-state index in [1.807, 2.05) is 36.9 Å². The fourth-order valence-corrected chi connectivity index (χ4v) is 4.96. The van der Waals surface area contributed by atoms with Gasteiger partial charge in [-0.05, 0) is 49.7 Å². The van der Waals surface area contributed by atoms with Crippen molar-refractivity contribution < 1.29 is 9.53 Å². The molecule has 0 unspecified atom stereocenters. The minimum Gasteiger partial charge on any atom is -0.494 e. The van der Waals surface area contributed by atoms with Crippen LogP contribution in [0.2, 0.25) is 5.02 Å². The van der Waals surface area contributed by atoms with Crippen molar-refractivity contribution in [2.45, 2.75) is 20.5 Å². The van der Waals surface area contributed by atoms with Crippen LogP contribution in [0.15, 0.2) is 46.2 Å². The highest BCUT2D eigenvalue weighted by molar-refractivity contribution is 7.07. The molecule has 2 aromatic carbocycles. The number of thiazole rings is 1. The van der Waals surface area contributed by atoms with Crippen molar-refractivity contribution in [2.24, 2.45) is 4.99 Å². The number of benzene rings is 2. The maximum Gasteiger partial charge on any atom is 0.272 e. The van der Waals surface area contributed by atoms with Crippen LogP contribution >= 0.6 is 22.9 Å². The van der Waals surface area contributed by atoms with Gasteiger partial charge in [0.25, 0.3) is 11.5 Å². The van der Waals surface area contributed by atoms with E-state index in [0.29, 0.717) is 56.9 Å². The monoisotopic (exact) mass is 454 g/mol. The van der Waals surface area contributed by atoms with E-state index in [-0.39, 0.29) is 11.5 Å². The number of nitrogens with zero attached hydrogens (tertiary/aromatic N) is 3. The Morgan fingerprint density at radius 2 is 2.06 bits per heavy atom. The Kier molecular flexibility index (Phi) is 4.83. The van der Waals surface area contributed by atoms with Crippen LogP contribution in [0.1, 0.15) is 18.1 Å². The van der Waals surface area contributed by atoms with Gasteiger partial charge < -0.3 is 15.0 Å². The van der Waals surface area contributed by atoms with E-state index in [1.54, 1.807) is 22.8 Å². The molecule has 7 nitrogen and oxygen atoms in total. The lowest BCUT2D eigenvalue weighted by atomic mass is 10.1. The largest absolute Gasteiger partial charge is 0.494 e. The third-order valence-electron chi connectivity index (χ3n) is 5.35. The van der Waals surface area contributed by atoms with Crippen molar-refractivity contribution in [2.75, 3.05) is 23.5 Å². The van der Waals surface area contributed by atoms with Crippen LogP contribution in [0.3, 0.4) is 0 Å². The molecule has 2 aliphatic rings. The maximum absolute atomic E-state index is 13.3. The highest BCUT2D eigenvalue weighted by Crippen LogP contribution is 2.33. The third kappa shape index (κ3) is 3.32. The average Bonchev–Trinajstić information content (AvgIpc) is 3.25. The standard InChI is InChI=1S/C22H19ClN4O3S/c1-3-30-14-6-7-17-15(9-14)18(20(28)25-17)19-21(29)27-11-26(10-24-22(27)31-19)13-5-4-12(2)16(23)8-13/h4-9H,3,10-11H2,1-2H3,(H,25,28)/b19-18-. The van der Waals surface area contributed by atoms with Gasteiger partial charge in [-0.25, -0.2) is 4.99 Å². The summed E-state index contributed by atoms with van der Waals surface area (Å²) in [7, 11) is 0. The number of hydrogen-bond acceptors (Lipinski definition) is 6. The van der Waals surface area contributed by atoms with Crippen molar-refractivity contribution in [1.29, 1.82) is 0 Å². The molecular formula is C22H19ClN4O3S. The van der Waals surface area contributed by atoms with Crippen LogP contribution in [-0.4, -0.2) is 23.7 Å². The summed E-state index contributed by atoms with van der Waals surface area (Å²) in [4.78, 5) is 33.2. The van der Waals surface area contributed by atoms with Crippen molar-refractivity contribution in [1.82, 2.24) is 4.57 Å². The number of amides is 1. The van der Waals surface area contributed by atoms with Crippen LogP contribution in [0.25, 0.3) is 5.57 Å². The van der Waals surface area contributed by atoms with Crippen LogP contribution in [-0.2, 0) is 11.5 Å². The van der Waals surface area contributed by atoms with E-state index in [2.05, 4.69) is 10.3 Å². The molecule has 0 spiro atoms. The molecule has 0 bridgehead atoms. The lowest BCUT2D eigenvalue weighted by molar-refractivity contribution is -0.110. The first-order valence-electron chi connectivity index (χ1n) is 9.84. The Balaban J connectivity index is 1.61. The topological polar surface area (TPSA) is 75.9 Å². The summed E-state index contributed by atoms with van der Waals surface area (Å²) >= 11 is 7.51. The van der Waals surface area contributed by atoms with Gasteiger partial charge >= 0.3 is 0 Å². The molecule has 0 radical (unpaired) electrons. The van der Waals surface area contributed by atoms with E-state index < -0.39 is 0 Å². The van der Waals surface area contributed by atoms with Gasteiger partial charge in [0, 0.05) is 22.0 Å². The molecule has 1 N–H and O–H groups in total. The molecule has 0 aliphatic carbocycles. The molecule has 0 saturated heterocycles. The van der Waals surface area contributed by atoms with E-state index in [0.717, 1.165) is 11.3 Å². The first kappa shape index (κ1) is 19.8. The molecule has 31 heavy (non-hydrogen) atoms. The Bertz CT molecular complexity index is 1410. The fraction of sp³-hybridized carbons (Fsp3) is 0.227. The normalized spacial score (nSPS) is 16.5. The van der Waals surface area contributed by atoms with Crippen molar-refractivity contribution in [3.05, 3.63) is 72.2 Å². The Hall–Kier alpha value is -3.10. The number of aryl methyl sites for hydroxylation is 1. The highest BCUT2D eigenvalue weighted by atomic mass is 35.5. The highest BCUT2D eigenvalue weighted by Gasteiger charge is 2.28. The summed E-state index contributed by atoms with van der Waals surface area (Å²) < 4.78 is 7.56. The summed E-state index contributed by atoms with van der Waals surface area (Å²) in [5.74, 6) is 0.367. The smallest absolute Gasteiger partial charge is 0.272 e. The van der Waals surface area contributed by atoms with Crippen LogP contribution < -0.4 is 29.8 Å². The zero-order chi connectivity index (χ0) is 21.7. The summed E-state index contributed by atoms with van der Waals surface area (Å²) in [6, 6.07) is 11.2. The van der Waals surface area contributed by atoms with Crippen LogP contribution in [0, 0.1) is 6.92 Å². The summed E-state index contributed by atoms with van der Waals surface area (Å²) in [6.45, 7) is 5.11. The molecule has 2 aliphatic heterocycles. The van der Waals surface area contributed by atoms with Crippen molar-refractivity contribution in [3.63, 3.8) is 0 Å². The average molecular weight is 455 g/mol. The summed E-state index contributed by atoms with van der Waals surface area (Å²) in [6.07, 6.45) is 0. The fourth-order valence-electron chi connectivity index (χ4n) is 3.73. The number of rotatable bonds is 3. The van der Waals surface area contributed by atoms with Gasteiger partial charge in [0.15, 0.2) is 4.80 Å². The number of carbonyl (C=O) groups excluding carboxylic acids is 1. The SMILES string of the molecule is CCOc1ccc2c(c1)/C(=c1/sc3n(c1=O)CN(c1ccc(C)c(Cl)c1)CN=3)C(=O)N2. The van der Waals surface area contributed by atoms with E-state index in [4.69, 9.17) is 16.3 Å². The maximum atomic E-state index is 13.3. The number of fused-ring (bicyclic) bond motifs is 2. The van der Waals surface area contributed by atoms with Gasteiger partial charge in [-0.1, -0.05) is 29.0 Å². The number of hydrogen-bond donors (Lipinski definition) is 1. The second-order valence-corrected chi connectivity index (χ2v) is 8.72. The summed E-state index contributed by atoms with van der Waals surface area (Å²) in [5, 5.41) is 3.51. The van der Waals surface area contributed by atoms with Crippen molar-refractivity contribution in [3.8, 4) is 5.75 Å². The first-order valence-corrected chi connectivity index (χ1v) is 11.0. The number of anilines is 2. The minimum atomic E-state index is -0.290. The van der Waals surface area contributed by atoms with Gasteiger partial charge in [-0.15, -0.1) is 0 Å². The summed E-state index contributed by atoms with van der Waals surface area (Å²) in [5.41, 5.74) is 3.37. The molecule has 1 amide bonds. The van der Waals surface area contributed by atoms with Crippen molar-refractivity contribution >= 4 is 45.8 Å². The predicted molar refractivity (Wildman–Crippen MR) is 122 cm³/mol. The molecule has 9 heteroatoms.